The number of nitrogens with zero attached hydrogens (tertiary/aromatic N) is 5. The Labute approximate surface area is 151 Å². The van der Waals surface area contributed by atoms with E-state index in [2.05, 4.69) is 9.88 Å². The molecular formula is C19H21N5O2. The van der Waals surface area contributed by atoms with Crippen molar-refractivity contribution < 1.29 is 9.90 Å². The van der Waals surface area contributed by atoms with E-state index in [1.54, 1.807) is 11.9 Å². The number of aliphatic hydroxyl groups is 1. The van der Waals surface area contributed by atoms with Gasteiger partial charge in [-0.2, -0.15) is 0 Å². The lowest BCUT2D eigenvalue weighted by atomic mass is 10.1. The summed E-state index contributed by atoms with van der Waals surface area (Å²) in [5.74, 6) is 1.76. The number of aliphatic hydroxyl groups excluding tert-OH is 1. The molecule has 1 N–H and O–H groups in total. The third kappa shape index (κ3) is 2.07. The van der Waals surface area contributed by atoms with Crippen LogP contribution in [0.15, 0.2) is 35.3 Å². The van der Waals surface area contributed by atoms with Gasteiger partial charge in [0.1, 0.15) is 12.4 Å². The van der Waals surface area contributed by atoms with Crippen molar-refractivity contribution in [3.05, 3.63) is 47.4 Å². The first-order chi connectivity index (χ1) is 12.7. The van der Waals surface area contributed by atoms with Gasteiger partial charge >= 0.3 is 0 Å². The summed E-state index contributed by atoms with van der Waals surface area (Å²) in [4.78, 5) is 26.3. The molecule has 0 radical (unpaired) electrons. The molecule has 26 heavy (non-hydrogen) atoms. The highest BCUT2D eigenvalue weighted by molar-refractivity contribution is 6.18. The molecule has 134 valence electrons. The number of guanidine groups is 1. The Balaban J connectivity index is 1.65. The molecule has 1 saturated carbocycles. The van der Waals surface area contributed by atoms with Crippen molar-refractivity contribution in [1.29, 1.82) is 0 Å². The van der Waals surface area contributed by atoms with Crippen molar-refractivity contribution in [1.82, 2.24) is 14.5 Å². The van der Waals surface area contributed by atoms with Crippen LogP contribution in [0.1, 0.15) is 41.1 Å². The van der Waals surface area contributed by atoms with Gasteiger partial charge < -0.3 is 9.67 Å². The van der Waals surface area contributed by atoms with Crippen molar-refractivity contribution in [2.24, 2.45) is 4.99 Å². The van der Waals surface area contributed by atoms with Gasteiger partial charge in [-0.3, -0.25) is 14.6 Å². The summed E-state index contributed by atoms with van der Waals surface area (Å²) >= 11 is 0. The van der Waals surface area contributed by atoms with E-state index in [0.29, 0.717) is 29.8 Å². The minimum absolute atomic E-state index is 0.113. The number of imidazole rings is 1. The van der Waals surface area contributed by atoms with Crippen LogP contribution in [0.25, 0.3) is 0 Å². The lowest BCUT2D eigenvalue weighted by Crippen LogP contribution is -2.51. The minimum atomic E-state index is -0.203. The molecule has 0 unspecified atom stereocenters. The predicted molar refractivity (Wildman–Crippen MR) is 97.1 cm³/mol. The molecule has 0 spiro atoms. The molecule has 2 atom stereocenters. The van der Waals surface area contributed by atoms with Crippen molar-refractivity contribution in [2.75, 3.05) is 11.9 Å². The van der Waals surface area contributed by atoms with E-state index in [1.807, 2.05) is 34.9 Å². The fourth-order valence-corrected chi connectivity index (χ4v) is 4.40. The normalized spacial score (nSPS) is 23.8. The van der Waals surface area contributed by atoms with E-state index in [4.69, 9.17) is 4.99 Å². The van der Waals surface area contributed by atoms with Crippen molar-refractivity contribution in [3.8, 4) is 0 Å². The van der Waals surface area contributed by atoms with Crippen LogP contribution in [-0.4, -0.2) is 50.6 Å². The fourth-order valence-electron chi connectivity index (χ4n) is 4.40. The zero-order chi connectivity index (χ0) is 17.8. The Morgan fingerprint density at radius 3 is 2.81 bits per heavy atom. The first kappa shape index (κ1) is 15.6. The van der Waals surface area contributed by atoms with E-state index in [-0.39, 0.29) is 24.6 Å². The second-order valence-corrected chi connectivity index (χ2v) is 7.16. The van der Waals surface area contributed by atoms with Gasteiger partial charge in [-0.1, -0.05) is 30.3 Å². The first-order valence-electron chi connectivity index (χ1n) is 9.08. The van der Waals surface area contributed by atoms with Crippen LogP contribution in [0, 0.1) is 0 Å². The van der Waals surface area contributed by atoms with Crippen molar-refractivity contribution in [2.45, 2.75) is 44.5 Å². The van der Waals surface area contributed by atoms with Crippen LogP contribution in [0.2, 0.25) is 0 Å². The molecule has 2 aromatic rings. The average molecular weight is 351 g/mol. The third-order valence-electron chi connectivity index (χ3n) is 5.66. The van der Waals surface area contributed by atoms with E-state index in [1.165, 1.54) is 0 Å². The van der Waals surface area contributed by atoms with Gasteiger partial charge in [-0.15, -0.1) is 0 Å². The van der Waals surface area contributed by atoms with Crippen LogP contribution in [0.3, 0.4) is 0 Å². The molecule has 3 aliphatic rings. The Morgan fingerprint density at radius 1 is 1.23 bits per heavy atom. The second kappa shape index (κ2) is 5.67. The monoisotopic (exact) mass is 351 g/mol. The lowest BCUT2D eigenvalue weighted by Gasteiger charge is -2.34. The Bertz CT molecular complexity index is 904. The summed E-state index contributed by atoms with van der Waals surface area (Å²) in [6.07, 6.45) is 3.26. The molecule has 1 aromatic carbocycles. The highest BCUT2D eigenvalue weighted by atomic mass is 16.3. The zero-order valence-electron chi connectivity index (χ0n) is 14.7. The molecule has 1 aliphatic carbocycles. The molecule has 0 bridgehead atoms. The largest absolute Gasteiger partial charge is 0.388 e. The molecule has 1 fully saturated rings. The summed E-state index contributed by atoms with van der Waals surface area (Å²) in [5.41, 5.74) is 1.62. The van der Waals surface area contributed by atoms with Crippen molar-refractivity contribution >= 4 is 17.7 Å². The maximum absolute atomic E-state index is 13.1. The molecule has 2 aliphatic heterocycles. The summed E-state index contributed by atoms with van der Waals surface area (Å²) < 4.78 is 1.85. The number of carbonyl (C=O) groups excluding carboxylic acids is 1. The van der Waals surface area contributed by atoms with E-state index in [0.717, 1.165) is 24.8 Å². The van der Waals surface area contributed by atoms with E-state index < -0.39 is 0 Å². The molecule has 5 rings (SSSR count). The third-order valence-corrected chi connectivity index (χ3v) is 5.66. The maximum atomic E-state index is 13.1. The Kier molecular flexibility index (Phi) is 3.40. The molecule has 1 amide bonds. The molecule has 3 heterocycles. The van der Waals surface area contributed by atoms with Crippen LogP contribution in [0.5, 0.6) is 0 Å². The number of amides is 1. The summed E-state index contributed by atoms with van der Waals surface area (Å²) in [7, 11) is 1.77. The van der Waals surface area contributed by atoms with Crippen molar-refractivity contribution in [3.63, 3.8) is 0 Å². The number of fused-ring (bicyclic) bond motifs is 5. The summed E-state index contributed by atoms with van der Waals surface area (Å²) in [6, 6.07) is 10.4. The zero-order valence-corrected chi connectivity index (χ0v) is 14.7. The number of aliphatic imine (C=N–C) groups is 1. The number of rotatable bonds is 3. The quantitative estimate of drug-likeness (QED) is 0.912. The Morgan fingerprint density at radius 2 is 2.04 bits per heavy atom. The average Bonchev–Trinajstić information content (AvgIpc) is 3.33. The fraction of sp³-hybridized carbons (Fsp3) is 0.421. The van der Waals surface area contributed by atoms with Gasteiger partial charge in [0.05, 0.1) is 12.1 Å². The SMILES string of the molecule is CN1C(=O)c2c(nc(CO)n2Cc2ccccc2)N2C1=N[C@@H]1CCC[C@@H]12. The van der Waals surface area contributed by atoms with Crippen LogP contribution in [-0.2, 0) is 13.2 Å². The molecular weight excluding hydrogens is 330 g/mol. The minimum Gasteiger partial charge on any atom is -0.388 e. The number of hydrogen-bond acceptors (Lipinski definition) is 5. The Hall–Kier alpha value is -2.67. The molecule has 1 aromatic heterocycles. The topological polar surface area (TPSA) is 74.0 Å². The van der Waals surface area contributed by atoms with Gasteiger partial charge in [-0.05, 0) is 24.8 Å². The first-order valence-corrected chi connectivity index (χ1v) is 9.08. The highest BCUT2D eigenvalue weighted by Crippen LogP contribution is 2.40. The predicted octanol–water partition coefficient (Wildman–Crippen LogP) is 1.61. The van der Waals surface area contributed by atoms with E-state index >= 15 is 0 Å². The van der Waals surface area contributed by atoms with Crippen LogP contribution < -0.4 is 4.90 Å². The van der Waals surface area contributed by atoms with Crippen LogP contribution >= 0.6 is 0 Å². The smallest absolute Gasteiger partial charge is 0.280 e. The summed E-state index contributed by atoms with van der Waals surface area (Å²) in [6.45, 7) is 0.304. The van der Waals surface area contributed by atoms with Gasteiger partial charge in [-0.25, -0.2) is 9.98 Å². The maximum Gasteiger partial charge on any atom is 0.280 e. The standard InChI is InChI=1S/C19H21N5O2/c1-22-18(26)16-17(24-14-9-5-8-13(14)20-19(22)24)21-15(11-25)23(16)10-12-6-3-2-4-7-12/h2-4,6-7,13-14,25H,5,8-11H2,1H3/t13-,14+/m1/s1. The molecule has 7 heteroatoms. The number of hydrogen-bond donors (Lipinski definition) is 1. The summed E-state index contributed by atoms with van der Waals surface area (Å²) in [5, 5.41) is 9.87. The number of benzene rings is 1. The van der Waals surface area contributed by atoms with Gasteiger partial charge in [0.25, 0.3) is 5.91 Å². The van der Waals surface area contributed by atoms with Gasteiger partial charge in [0.2, 0.25) is 5.96 Å². The molecule has 7 nitrogen and oxygen atoms in total. The number of carbonyl (C=O) groups is 1. The second-order valence-electron chi connectivity index (χ2n) is 7.16. The van der Waals surface area contributed by atoms with Gasteiger partial charge in [0, 0.05) is 13.6 Å². The van der Waals surface area contributed by atoms with E-state index in [9.17, 15) is 9.90 Å². The molecule has 0 saturated heterocycles. The van der Waals surface area contributed by atoms with Gasteiger partial charge in [0.15, 0.2) is 11.5 Å². The highest BCUT2D eigenvalue weighted by Gasteiger charge is 2.49. The van der Waals surface area contributed by atoms with Crippen LogP contribution in [0.4, 0.5) is 5.82 Å². The lowest BCUT2D eigenvalue weighted by molar-refractivity contribution is 0.0854. The number of anilines is 1. The number of aromatic nitrogens is 2.